The Bertz CT molecular complexity index is 421. The van der Waals surface area contributed by atoms with Gasteiger partial charge in [-0.15, -0.1) is 0 Å². The summed E-state index contributed by atoms with van der Waals surface area (Å²) in [5.74, 6) is -0.0457. The zero-order chi connectivity index (χ0) is 13.7. The highest BCUT2D eigenvalue weighted by molar-refractivity contribution is 6.33. The molecule has 0 aromatic heterocycles. The third-order valence-electron chi connectivity index (χ3n) is 2.62. The predicted molar refractivity (Wildman–Crippen MR) is 74.0 cm³/mol. The molecule has 0 saturated carbocycles. The third-order valence-corrected chi connectivity index (χ3v) is 2.92. The van der Waals surface area contributed by atoms with E-state index < -0.39 is 6.10 Å². The van der Waals surface area contributed by atoms with Crippen molar-refractivity contribution < 1.29 is 9.90 Å². The molecule has 0 radical (unpaired) electrons. The number of hydrogen-bond acceptors (Lipinski definition) is 3. The van der Waals surface area contributed by atoms with Crippen LogP contribution in [0.15, 0.2) is 18.2 Å². The highest BCUT2D eigenvalue weighted by Gasteiger charge is 2.11. The molecule has 0 bridgehead atoms. The van der Waals surface area contributed by atoms with E-state index in [9.17, 15) is 9.90 Å². The molecule has 18 heavy (non-hydrogen) atoms. The number of aliphatic hydroxyl groups is 1. The van der Waals surface area contributed by atoms with Gasteiger partial charge in [0.15, 0.2) is 0 Å². The maximum Gasteiger partial charge on any atom is 0.239 e. The van der Waals surface area contributed by atoms with Crippen LogP contribution in [0.2, 0.25) is 5.02 Å². The summed E-state index contributed by atoms with van der Waals surface area (Å²) < 4.78 is 0. The first-order chi connectivity index (χ1) is 8.45. The fourth-order valence-electron chi connectivity index (χ4n) is 1.65. The number of rotatable bonds is 5. The summed E-state index contributed by atoms with van der Waals surface area (Å²) in [6.45, 7) is 4.43. The molecule has 100 valence electrons. The van der Waals surface area contributed by atoms with Gasteiger partial charge >= 0.3 is 0 Å². The smallest absolute Gasteiger partial charge is 0.239 e. The summed E-state index contributed by atoms with van der Waals surface area (Å²) in [5, 5.41) is 12.7. The Morgan fingerprint density at radius 3 is 2.72 bits per heavy atom. The van der Waals surface area contributed by atoms with Crippen molar-refractivity contribution in [1.29, 1.82) is 0 Å². The maximum absolute atomic E-state index is 11.5. The Morgan fingerprint density at radius 2 is 2.22 bits per heavy atom. The Morgan fingerprint density at radius 1 is 1.56 bits per heavy atom. The van der Waals surface area contributed by atoms with Crippen LogP contribution in [0.5, 0.6) is 0 Å². The van der Waals surface area contributed by atoms with Crippen LogP contribution in [0.4, 0.5) is 5.69 Å². The number of hydrogen-bond donors (Lipinski definition) is 2. The van der Waals surface area contributed by atoms with Gasteiger partial charge in [-0.2, -0.15) is 0 Å². The number of carbonyl (C=O) groups excluding carboxylic acids is 1. The number of carbonyl (C=O) groups is 1. The van der Waals surface area contributed by atoms with Gasteiger partial charge in [-0.3, -0.25) is 4.79 Å². The number of likely N-dealkylation sites (N-methyl/N-ethyl adjacent to an activating group) is 2. The van der Waals surface area contributed by atoms with Crippen molar-refractivity contribution in [2.24, 2.45) is 0 Å². The maximum atomic E-state index is 11.5. The minimum absolute atomic E-state index is 0.0457. The Hall–Kier alpha value is -1.26. The van der Waals surface area contributed by atoms with E-state index in [4.69, 9.17) is 11.6 Å². The number of aliphatic hydroxyl groups excluding tert-OH is 1. The van der Waals surface area contributed by atoms with E-state index in [0.717, 1.165) is 11.3 Å². The van der Waals surface area contributed by atoms with Gasteiger partial charge in [0.2, 0.25) is 5.91 Å². The fraction of sp³-hybridized carbons (Fsp3) is 0.462. The van der Waals surface area contributed by atoms with Crippen LogP contribution in [0.1, 0.15) is 25.5 Å². The molecule has 0 aliphatic rings. The Kier molecular flexibility index (Phi) is 5.44. The topological polar surface area (TPSA) is 52.6 Å². The van der Waals surface area contributed by atoms with Gasteiger partial charge in [0, 0.05) is 13.6 Å². The first-order valence-electron chi connectivity index (χ1n) is 5.91. The summed E-state index contributed by atoms with van der Waals surface area (Å²) >= 11 is 6.14. The number of benzene rings is 1. The average molecular weight is 271 g/mol. The van der Waals surface area contributed by atoms with Gasteiger partial charge in [0.25, 0.3) is 0 Å². The molecule has 0 fully saturated rings. The average Bonchev–Trinajstić information content (AvgIpc) is 2.28. The molecular formula is C13H19ClN2O2. The van der Waals surface area contributed by atoms with Crippen LogP contribution in [-0.4, -0.2) is 31.2 Å². The van der Waals surface area contributed by atoms with Crippen molar-refractivity contribution in [1.82, 2.24) is 5.32 Å². The van der Waals surface area contributed by atoms with Gasteiger partial charge in [0.05, 0.1) is 23.4 Å². The summed E-state index contributed by atoms with van der Waals surface area (Å²) in [4.78, 5) is 13.3. The van der Waals surface area contributed by atoms with Gasteiger partial charge in [-0.25, -0.2) is 0 Å². The number of nitrogens with zero attached hydrogens (tertiary/aromatic N) is 1. The standard InChI is InChI=1S/C13H19ClN2O2/c1-4-15-13(18)8-16(3)12-6-5-10(9(2)17)7-11(12)14/h5-7,9,17H,4,8H2,1-3H3,(H,15,18). The molecule has 4 nitrogen and oxygen atoms in total. The van der Waals surface area contributed by atoms with E-state index in [-0.39, 0.29) is 12.5 Å². The number of amides is 1. The third kappa shape index (κ3) is 3.89. The number of nitrogens with one attached hydrogen (secondary N) is 1. The van der Waals surface area contributed by atoms with Crippen molar-refractivity contribution in [2.45, 2.75) is 20.0 Å². The molecule has 0 spiro atoms. The van der Waals surface area contributed by atoms with Crippen molar-refractivity contribution in [3.63, 3.8) is 0 Å². The molecule has 5 heteroatoms. The Labute approximate surface area is 113 Å². The first kappa shape index (κ1) is 14.8. The molecule has 1 aromatic carbocycles. The monoisotopic (exact) mass is 270 g/mol. The highest BCUT2D eigenvalue weighted by atomic mass is 35.5. The van der Waals surface area contributed by atoms with Crippen molar-refractivity contribution in [3.05, 3.63) is 28.8 Å². The zero-order valence-corrected chi connectivity index (χ0v) is 11.7. The van der Waals surface area contributed by atoms with Crippen LogP contribution < -0.4 is 10.2 Å². The molecule has 0 aliphatic heterocycles. The number of halogens is 1. The lowest BCUT2D eigenvalue weighted by atomic mass is 10.1. The zero-order valence-electron chi connectivity index (χ0n) is 10.9. The van der Waals surface area contributed by atoms with Crippen LogP contribution in [0.3, 0.4) is 0 Å². The van der Waals surface area contributed by atoms with Gasteiger partial charge in [-0.1, -0.05) is 17.7 Å². The molecule has 0 saturated heterocycles. The first-order valence-corrected chi connectivity index (χ1v) is 6.28. The molecule has 0 aliphatic carbocycles. The number of anilines is 1. The predicted octanol–water partition coefficient (Wildman–Crippen LogP) is 1.97. The van der Waals surface area contributed by atoms with Crippen molar-refractivity contribution >= 4 is 23.2 Å². The molecule has 0 heterocycles. The molecule has 1 aromatic rings. The summed E-state index contributed by atoms with van der Waals surface area (Å²) in [6.07, 6.45) is -0.551. The minimum atomic E-state index is -0.551. The van der Waals surface area contributed by atoms with Crippen molar-refractivity contribution in [2.75, 3.05) is 25.0 Å². The van der Waals surface area contributed by atoms with E-state index in [2.05, 4.69) is 5.32 Å². The molecular weight excluding hydrogens is 252 g/mol. The summed E-state index contributed by atoms with van der Waals surface area (Å²) in [5.41, 5.74) is 1.53. The van der Waals surface area contributed by atoms with Gasteiger partial charge < -0.3 is 15.3 Å². The lowest BCUT2D eigenvalue weighted by Crippen LogP contribution is -2.35. The lowest BCUT2D eigenvalue weighted by Gasteiger charge is -2.20. The quantitative estimate of drug-likeness (QED) is 0.860. The fourth-order valence-corrected chi connectivity index (χ4v) is 1.98. The molecule has 1 atom stereocenters. The van der Waals surface area contributed by atoms with Crippen LogP contribution >= 0.6 is 11.6 Å². The Balaban J connectivity index is 2.80. The molecule has 2 N–H and O–H groups in total. The summed E-state index contributed by atoms with van der Waals surface area (Å²) in [7, 11) is 1.80. The van der Waals surface area contributed by atoms with E-state index in [1.165, 1.54) is 0 Å². The molecule has 1 rings (SSSR count). The van der Waals surface area contributed by atoms with Gasteiger partial charge in [0.1, 0.15) is 0 Å². The highest BCUT2D eigenvalue weighted by Crippen LogP contribution is 2.28. The molecule has 1 unspecified atom stereocenters. The van der Waals surface area contributed by atoms with Crippen LogP contribution in [0.25, 0.3) is 0 Å². The largest absolute Gasteiger partial charge is 0.389 e. The van der Waals surface area contributed by atoms with Crippen LogP contribution in [-0.2, 0) is 4.79 Å². The lowest BCUT2D eigenvalue weighted by molar-refractivity contribution is -0.119. The minimum Gasteiger partial charge on any atom is -0.389 e. The van der Waals surface area contributed by atoms with E-state index in [1.807, 2.05) is 13.0 Å². The van der Waals surface area contributed by atoms with E-state index >= 15 is 0 Å². The normalized spacial score (nSPS) is 12.1. The van der Waals surface area contributed by atoms with E-state index in [1.54, 1.807) is 31.0 Å². The SMILES string of the molecule is CCNC(=O)CN(C)c1ccc(C(C)O)cc1Cl. The molecule has 1 amide bonds. The van der Waals surface area contributed by atoms with Crippen LogP contribution in [0, 0.1) is 0 Å². The van der Waals surface area contributed by atoms with Gasteiger partial charge in [-0.05, 0) is 31.5 Å². The van der Waals surface area contributed by atoms with Crippen molar-refractivity contribution in [3.8, 4) is 0 Å². The van der Waals surface area contributed by atoms with E-state index in [0.29, 0.717) is 11.6 Å². The second-order valence-corrected chi connectivity index (χ2v) is 4.60. The second kappa shape index (κ2) is 6.61. The second-order valence-electron chi connectivity index (χ2n) is 4.20. The summed E-state index contributed by atoms with van der Waals surface area (Å²) in [6, 6.07) is 5.33.